The second-order valence-electron chi connectivity index (χ2n) is 17.4. The normalized spacial score (nSPS) is 18.8. The lowest BCUT2D eigenvalue weighted by molar-refractivity contribution is -0.148. The molecular weight excluding hydrogens is 909 g/mol. The van der Waals surface area contributed by atoms with Crippen LogP contribution < -0.4 is 19.6 Å². The number of nitrogens with one attached hydrogen (secondary N) is 1. The van der Waals surface area contributed by atoms with E-state index in [1.54, 1.807) is 80.7 Å². The average Bonchev–Trinajstić information content (AvgIpc) is 3.70. The van der Waals surface area contributed by atoms with Crippen molar-refractivity contribution < 1.29 is 61.9 Å². The Hall–Kier alpha value is -7.78. The molecule has 372 valence electrons. The van der Waals surface area contributed by atoms with Gasteiger partial charge in [-0.3, -0.25) is 0 Å². The number of hydrazone groups is 1. The van der Waals surface area contributed by atoms with Gasteiger partial charge in [-0.1, -0.05) is 74.4 Å². The van der Waals surface area contributed by atoms with E-state index < -0.39 is 41.6 Å². The van der Waals surface area contributed by atoms with E-state index in [1.807, 2.05) is 6.07 Å². The van der Waals surface area contributed by atoms with E-state index in [0.29, 0.717) is 60.3 Å². The maximum atomic E-state index is 13.6. The van der Waals surface area contributed by atoms with Crippen LogP contribution in [0.1, 0.15) is 58.5 Å². The van der Waals surface area contributed by atoms with E-state index in [2.05, 4.69) is 73.8 Å². The van der Waals surface area contributed by atoms with E-state index in [0.717, 1.165) is 23.8 Å². The first-order chi connectivity index (χ1) is 34.4. The summed E-state index contributed by atoms with van der Waals surface area (Å²) in [6, 6.07) is 18.1. The lowest BCUT2D eigenvalue weighted by atomic mass is 9.83. The Morgan fingerprint density at radius 2 is 1.25 bits per heavy atom. The highest BCUT2D eigenvalue weighted by molar-refractivity contribution is 5.93. The van der Waals surface area contributed by atoms with Crippen LogP contribution in [0.3, 0.4) is 0 Å². The molecule has 3 aromatic rings. The zero-order valence-corrected chi connectivity index (χ0v) is 40.0. The van der Waals surface area contributed by atoms with Crippen molar-refractivity contribution in [3.8, 4) is 17.2 Å². The number of carbonyl (C=O) groups excluding carboxylic acids is 5. The molecule has 0 aromatic heterocycles. The van der Waals surface area contributed by atoms with Crippen molar-refractivity contribution in [2.45, 2.75) is 50.9 Å². The molecule has 1 fully saturated rings. The fourth-order valence-electron chi connectivity index (χ4n) is 8.11. The Bertz CT molecular complexity index is 2490. The molecule has 0 spiro atoms. The number of allylic oxidation sites excluding steroid dienone is 6. The molecule has 1 saturated carbocycles. The van der Waals surface area contributed by atoms with Crippen molar-refractivity contribution in [1.82, 2.24) is 5.43 Å². The van der Waals surface area contributed by atoms with Gasteiger partial charge in [0, 0.05) is 48.7 Å². The molecule has 0 bridgehead atoms. The van der Waals surface area contributed by atoms with Gasteiger partial charge < -0.3 is 43.3 Å². The molecule has 0 amide bonds. The van der Waals surface area contributed by atoms with Crippen LogP contribution >= 0.6 is 0 Å². The summed E-state index contributed by atoms with van der Waals surface area (Å²) < 4.78 is 44.6. The van der Waals surface area contributed by atoms with Gasteiger partial charge in [-0.15, -0.1) is 0 Å². The number of fused-ring (bicyclic) bond motifs is 3. The van der Waals surface area contributed by atoms with Crippen LogP contribution in [0.5, 0.6) is 17.2 Å². The van der Waals surface area contributed by atoms with Gasteiger partial charge in [0.1, 0.15) is 36.1 Å². The molecule has 71 heavy (non-hydrogen) atoms. The highest BCUT2D eigenvalue weighted by Crippen LogP contribution is 2.47. The molecule has 15 heteroatoms. The van der Waals surface area contributed by atoms with Crippen LogP contribution in [0.25, 0.3) is 0 Å². The van der Waals surface area contributed by atoms with Crippen molar-refractivity contribution >= 4 is 36.1 Å². The highest BCUT2D eigenvalue weighted by atomic mass is 16.6. The van der Waals surface area contributed by atoms with Crippen LogP contribution in [0.15, 0.2) is 158 Å². The Morgan fingerprint density at radius 3 is 1.90 bits per heavy atom. The summed E-state index contributed by atoms with van der Waals surface area (Å²) in [5.74, 6) is -0.519. The number of nitrogens with zero attached hydrogens (tertiary/aromatic N) is 1. The van der Waals surface area contributed by atoms with Gasteiger partial charge in [0.2, 0.25) is 0 Å². The highest BCUT2D eigenvalue weighted by Gasteiger charge is 2.47. The first-order valence-corrected chi connectivity index (χ1v) is 23.4. The predicted octanol–water partition coefficient (Wildman–Crippen LogP) is 8.22. The van der Waals surface area contributed by atoms with E-state index in [1.165, 1.54) is 0 Å². The number of hydrogen-bond acceptors (Lipinski definition) is 15. The van der Waals surface area contributed by atoms with Gasteiger partial charge in [0.15, 0.2) is 6.10 Å². The smallest absolute Gasteiger partial charge is 0.343 e. The van der Waals surface area contributed by atoms with Gasteiger partial charge >= 0.3 is 29.8 Å². The molecule has 15 nitrogen and oxygen atoms in total. The Morgan fingerprint density at radius 1 is 0.662 bits per heavy atom. The van der Waals surface area contributed by atoms with Crippen LogP contribution in [-0.2, 0) is 44.5 Å². The second kappa shape index (κ2) is 26.3. The van der Waals surface area contributed by atoms with Gasteiger partial charge in [0.05, 0.1) is 43.2 Å². The average molecular weight is 969 g/mol. The van der Waals surface area contributed by atoms with Crippen molar-refractivity contribution in [1.29, 1.82) is 0 Å². The number of carbonyl (C=O) groups is 5. The topological polar surface area (TPSA) is 184 Å². The van der Waals surface area contributed by atoms with Crippen molar-refractivity contribution in [3.05, 3.63) is 176 Å². The van der Waals surface area contributed by atoms with Crippen molar-refractivity contribution in [2.24, 2.45) is 28.8 Å². The molecule has 3 aliphatic rings. The van der Waals surface area contributed by atoms with Crippen molar-refractivity contribution in [2.75, 3.05) is 39.6 Å². The lowest BCUT2D eigenvalue weighted by Gasteiger charge is -2.25. The zero-order chi connectivity index (χ0) is 50.6. The second-order valence-corrected chi connectivity index (χ2v) is 17.4. The third-order valence-corrected chi connectivity index (χ3v) is 11.6. The maximum absolute atomic E-state index is 13.6. The fourth-order valence-corrected chi connectivity index (χ4v) is 8.11. The first kappa shape index (κ1) is 52.6. The molecule has 5 atom stereocenters. The Kier molecular flexibility index (Phi) is 19.5. The van der Waals surface area contributed by atoms with E-state index in [9.17, 15) is 24.0 Å². The minimum absolute atomic E-state index is 0.00830. The standard InChI is InChI=1S/C56H60N2O13/c1-6-50(59)65-31-14-13-30-64-35-44(69-52(61)8-3)36-67-42-24-20-40(21-25-42)55(63)70-49-28-19-38(29-32-66-54(62)39-22-26-43(27-23-39)71-56(4,5)37-68-51(60)7-2)33-41(49)34-57-58-53-47-17-11-9-15-45(47)46-16-10-12-18-48(46)53/h6-12,15-28,33-34,44-48,53,58H,1-3,13-14,29-32,35-37H2,4-5H3/b57-34+. The fraction of sp³-hybridized carbons (Fsp3) is 0.321. The van der Waals surface area contributed by atoms with Gasteiger partial charge in [-0.05, 0) is 105 Å². The molecule has 1 N–H and O–H groups in total. The third kappa shape index (κ3) is 15.9. The number of benzene rings is 3. The lowest BCUT2D eigenvalue weighted by Crippen LogP contribution is -2.35. The Balaban J connectivity index is 1.08. The van der Waals surface area contributed by atoms with Gasteiger partial charge in [0.25, 0.3) is 0 Å². The summed E-state index contributed by atoms with van der Waals surface area (Å²) in [5, 5.41) is 4.71. The quantitative estimate of drug-likeness (QED) is 0.0147. The van der Waals surface area contributed by atoms with E-state index in [-0.39, 0.29) is 62.2 Å². The maximum Gasteiger partial charge on any atom is 0.343 e. The summed E-state index contributed by atoms with van der Waals surface area (Å²) in [4.78, 5) is 61.4. The monoisotopic (exact) mass is 968 g/mol. The third-order valence-electron chi connectivity index (χ3n) is 11.6. The van der Waals surface area contributed by atoms with Crippen LogP contribution in [0, 0.1) is 23.7 Å². The number of hydrogen-bond donors (Lipinski definition) is 1. The summed E-state index contributed by atoms with van der Waals surface area (Å²) in [5.41, 5.74) is 4.50. The largest absolute Gasteiger partial charge is 0.490 e. The SMILES string of the molecule is C=CC(=O)OCCCCOCC(COc1ccc(C(=O)Oc2ccc(CCOC(=O)c3ccc(OC(C)(C)COC(=O)C=C)cc3)cc2/C=N/NC2C3C=CC=CC3C3C=CC=CC32)cc1)OC(=O)C=C. The number of esters is 5. The number of ether oxygens (including phenoxy) is 8. The van der Waals surface area contributed by atoms with E-state index in [4.69, 9.17) is 43.0 Å². The van der Waals surface area contributed by atoms with Gasteiger partial charge in [-0.2, -0.15) is 5.10 Å². The molecule has 3 aromatic carbocycles. The molecule has 6 rings (SSSR count). The molecule has 5 unspecified atom stereocenters. The zero-order valence-electron chi connectivity index (χ0n) is 40.0. The van der Waals surface area contributed by atoms with Crippen LogP contribution in [-0.4, -0.2) is 93.4 Å². The molecule has 0 saturated heterocycles. The van der Waals surface area contributed by atoms with Crippen LogP contribution in [0.2, 0.25) is 0 Å². The summed E-state index contributed by atoms with van der Waals surface area (Å²) in [6.45, 7) is 14.4. The minimum Gasteiger partial charge on any atom is -0.490 e. The summed E-state index contributed by atoms with van der Waals surface area (Å²) in [7, 11) is 0. The molecule has 0 aliphatic heterocycles. The van der Waals surface area contributed by atoms with Gasteiger partial charge in [-0.25, -0.2) is 24.0 Å². The molecule has 0 radical (unpaired) electrons. The number of rotatable bonds is 27. The summed E-state index contributed by atoms with van der Waals surface area (Å²) in [6.07, 6.45) is 23.0. The molecule has 0 heterocycles. The molecular formula is C56H60N2O13. The van der Waals surface area contributed by atoms with E-state index >= 15 is 0 Å². The molecule has 3 aliphatic carbocycles. The predicted molar refractivity (Wildman–Crippen MR) is 266 cm³/mol. The van der Waals surface area contributed by atoms with Crippen molar-refractivity contribution in [3.63, 3.8) is 0 Å². The summed E-state index contributed by atoms with van der Waals surface area (Å²) >= 11 is 0. The minimum atomic E-state index is -0.822. The first-order valence-electron chi connectivity index (χ1n) is 23.4. The number of unbranched alkanes of at least 4 members (excludes halogenated alkanes) is 1. The van der Waals surface area contributed by atoms with Crippen LogP contribution in [0.4, 0.5) is 0 Å². The Labute approximate surface area is 414 Å².